The highest BCUT2D eigenvalue weighted by atomic mass is 16.6. The fraction of sp³-hybridized carbons (Fsp3) is 0.333. The first kappa shape index (κ1) is 21.6. The van der Waals surface area contributed by atoms with Gasteiger partial charge in [-0.1, -0.05) is 0 Å². The van der Waals surface area contributed by atoms with Crippen LogP contribution in [0.2, 0.25) is 0 Å². The van der Waals surface area contributed by atoms with Crippen LogP contribution >= 0.6 is 0 Å². The monoisotopic (exact) mass is 467 g/mol. The lowest BCUT2D eigenvalue weighted by Crippen LogP contribution is -2.33. The first-order valence-corrected chi connectivity index (χ1v) is 10.6. The van der Waals surface area contributed by atoms with Crippen molar-refractivity contribution < 1.29 is 23.8 Å². The summed E-state index contributed by atoms with van der Waals surface area (Å²) in [7, 11) is 1.63. The molecule has 1 saturated heterocycles. The van der Waals surface area contributed by atoms with Gasteiger partial charge in [-0.15, -0.1) is 0 Å². The van der Waals surface area contributed by atoms with Crippen molar-refractivity contribution in [3.05, 3.63) is 40.8 Å². The number of carbonyl (C=O) groups excluding carboxylic acids is 2. The molecule has 34 heavy (non-hydrogen) atoms. The Balaban J connectivity index is 1.11. The number of anilines is 2. The number of nitrogens with zero attached hydrogens (tertiary/aromatic N) is 5. The average Bonchev–Trinajstić information content (AvgIpc) is 3.21. The van der Waals surface area contributed by atoms with E-state index in [0.717, 1.165) is 0 Å². The van der Waals surface area contributed by atoms with Crippen LogP contribution in [0.1, 0.15) is 0 Å². The first-order chi connectivity index (χ1) is 16.5. The van der Waals surface area contributed by atoms with E-state index < -0.39 is 6.09 Å². The Morgan fingerprint density at radius 1 is 1.21 bits per heavy atom. The van der Waals surface area contributed by atoms with Gasteiger partial charge in [0.05, 0.1) is 12.7 Å². The van der Waals surface area contributed by atoms with Crippen LogP contribution < -0.4 is 30.6 Å². The molecule has 2 aliphatic rings. The van der Waals surface area contributed by atoms with Crippen LogP contribution in [-0.2, 0) is 16.6 Å². The number of pyridine rings is 2. The van der Waals surface area contributed by atoms with Crippen LogP contribution in [0, 0.1) is 0 Å². The predicted molar refractivity (Wildman–Crippen MR) is 119 cm³/mol. The summed E-state index contributed by atoms with van der Waals surface area (Å²) >= 11 is 0. The maximum Gasteiger partial charge on any atom is 0.416 e. The highest BCUT2D eigenvalue weighted by Gasteiger charge is 2.33. The molecular weight excluding hydrogens is 446 g/mol. The van der Waals surface area contributed by atoms with Gasteiger partial charge in [0.2, 0.25) is 5.88 Å². The van der Waals surface area contributed by atoms with Gasteiger partial charge in [-0.05, 0) is 18.2 Å². The lowest BCUT2D eigenvalue weighted by Gasteiger charge is -2.19. The van der Waals surface area contributed by atoms with Gasteiger partial charge in [0.25, 0.3) is 11.5 Å². The largest absolute Gasteiger partial charge is 0.480 e. The van der Waals surface area contributed by atoms with E-state index in [1.807, 2.05) is 0 Å². The fourth-order valence-corrected chi connectivity index (χ4v) is 3.58. The molecule has 5 heterocycles. The van der Waals surface area contributed by atoms with Crippen molar-refractivity contribution >= 4 is 34.8 Å². The van der Waals surface area contributed by atoms with E-state index in [1.165, 1.54) is 15.7 Å². The van der Waals surface area contributed by atoms with Crippen molar-refractivity contribution in [3.8, 4) is 11.6 Å². The van der Waals surface area contributed by atoms with Gasteiger partial charge in [0.1, 0.15) is 24.0 Å². The Bertz CT molecular complexity index is 1330. The second-order valence-corrected chi connectivity index (χ2v) is 7.67. The summed E-state index contributed by atoms with van der Waals surface area (Å²) in [5.41, 5.74) is 0.795. The number of hydrogen-bond donors (Lipinski definition) is 2. The van der Waals surface area contributed by atoms with Crippen molar-refractivity contribution in [2.24, 2.45) is 7.05 Å². The van der Waals surface area contributed by atoms with E-state index in [9.17, 15) is 14.4 Å². The molecule has 0 aromatic carbocycles. The Morgan fingerprint density at radius 2 is 2.09 bits per heavy atom. The molecule has 1 atom stereocenters. The third-order valence-corrected chi connectivity index (χ3v) is 5.30. The molecule has 0 aliphatic carbocycles. The highest BCUT2D eigenvalue weighted by Crippen LogP contribution is 2.29. The third-order valence-electron chi connectivity index (χ3n) is 5.30. The van der Waals surface area contributed by atoms with E-state index in [4.69, 9.17) is 14.2 Å². The van der Waals surface area contributed by atoms with Gasteiger partial charge in [-0.3, -0.25) is 19.1 Å². The number of carbonyl (C=O) groups is 2. The molecule has 176 valence electrons. The van der Waals surface area contributed by atoms with Crippen LogP contribution in [0.15, 0.2) is 35.3 Å². The highest BCUT2D eigenvalue weighted by molar-refractivity contribution is 5.95. The van der Waals surface area contributed by atoms with Crippen molar-refractivity contribution in [1.29, 1.82) is 0 Å². The summed E-state index contributed by atoms with van der Waals surface area (Å²) in [6.07, 6.45) is 0.355. The Labute approximate surface area is 192 Å². The predicted octanol–water partition coefficient (Wildman–Crippen LogP) is 0.0482. The molecule has 1 fully saturated rings. The topological polar surface area (TPSA) is 150 Å². The summed E-state index contributed by atoms with van der Waals surface area (Å²) in [5.74, 6) is 1.17. The minimum atomic E-state index is -0.516. The normalized spacial score (nSPS) is 17.2. The molecule has 3 aromatic rings. The van der Waals surface area contributed by atoms with Crippen LogP contribution in [0.4, 0.5) is 16.4 Å². The zero-order valence-electron chi connectivity index (χ0n) is 18.2. The van der Waals surface area contributed by atoms with Crippen LogP contribution in [0.5, 0.6) is 11.6 Å². The molecule has 5 rings (SSSR count). The third kappa shape index (κ3) is 4.32. The standard InChI is InChI=1S/C21H21N7O6/c1-27-18(30)9-23-13-2-5-17(26-20(13)27)32-7-6-22-8-12-10-28(21(31)34-12)15-4-3-14-19(24-15)25-16(29)11-33-14/h2-5,9,12,22H,6-8,10-11H2,1H3,(H,24,25,29)/t12-/m1/s1. The molecule has 0 radical (unpaired) electrons. The zero-order chi connectivity index (χ0) is 23.7. The number of cyclic esters (lactones) is 1. The molecule has 0 saturated carbocycles. The Kier molecular flexibility index (Phi) is 5.67. The second-order valence-electron chi connectivity index (χ2n) is 7.67. The van der Waals surface area contributed by atoms with Gasteiger partial charge in [0, 0.05) is 26.2 Å². The van der Waals surface area contributed by atoms with E-state index >= 15 is 0 Å². The van der Waals surface area contributed by atoms with E-state index in [1.54, 1.807) is 31.3 Å². The zero-order valence-corrected chi connectivity index (χ0v) is 18.2. The summed E-state index contributed by atoms with van der Waals surface area (Å²) < 4.78 is 17.8. The number of aryl methyl sites for hydroxylation is 1. The molecule has 0 spiro atoms. The van der Waals surface area contributed by atoms with Crippen molar-refractivity contribution in [1.82, 2.24) is 24.8 Å². The van der Waals surface area contributed by atoms with E-state index in [-0.39, 0.29) is 30.0 Å². The number of rotatable bonds is 7. The summed E-state index contributed by atoms with van der Waals surface area (Å²) in [6, 6.07) is 6.73. The molecule has 0 unspecified atom stereocenters. The van der Waals surface area contributed by atoms with Crippen LogP contribution in [-0.4, -0.2) is 70.5 Å². The fourth-order valence-electron chi connectivity index (χ4n) is 3.58. The molecule has 13 nitrogen and oxygen atoms in total. The van der Waals surface area contributed by atoms with Gasteiger partial charge in [-0.2, -0.15) is 4.98 Å². The van der Waals surface area contributed by atoms with Crippen molar-refractivity contribution in [3.63, 3.8) is 0 Å². The van der Waals surface area contributed by atoms with Gasteiger partial charge in [0.15, 0.2) is 23.8 Å². The summed E-state index contributed by atoms with van der Waals surface area (Å²) in [5, 5.41) is 5.80. The molecule has 13 heteroatoms. The van der Waals surface area contributed by atoms with E-state index in [0.29, 0.717) is 54.9 Å². The van der Waals surface area contributed by atoms with Gasteiger partial charge in [-0.25, -0.2) is 14.8 Å². The Hall–Kier alpha value is -4.26. The smallest absolute Gasteiger partial charge is 0.416 e. The molecular formula is C21H21N7O6. The molecule has 3 aromatic heterocycles. The maximum atomic E-state index is 12.3. The number of amides is 2. The van der Waals surface area contributed by atoms with Crippen molar-refractivity contribution in [2.75, 3.05) is 43.1 Å². The molecule has 2 amide bonds. The average molecular weight is 467 g/mol. The number of hydrogen-bond acceptors (Lipinski definition) is 10. The summed E-state index contributed by atoms with van der Waals surface area (Å²) in [6.45, 7) is 1.47. The van der Waals surface area contributed by atoms with Crippen LogP contribution in [0.25, 0.3) is 11.2 Å². The lowest BCUT2D eigenvalue weighted by molar-refractivity contribution is -0.118. The van der Waals surface area contributed by atoms with E-state index in [2.05, 4.69) is 25.6 Å². The summed E-state index contributed by atoms with van der Waals surface area (Å²) in [4.78, 5) is 49.6. The quantitative estimate of drug-likeness (QED) is 0.456. The molecule has 0 bridgehead atoms. The number of fused-ring (bicyclic) bond motifs is 2. The van der Waals surface area contributed by atoms with Crippen molar-refractivity contribution in [2.45, 2.75) is 6.10 Å². The first-order valence-electron chi connectivity index (χ1n) is 10.6. The lowest BCUT2D eigenvalue weighted by atomic mass is 10.3. The Morgan fingerprint density at radius 3 is 2.97 bits per heavy atom. The maximum absolute atomic E-state index is 12.3. The molecule has 2 N–H and O–H groups in total. The minimum absolute atomic E-state index is 0.0644. The van der Waals surface area contributed by atoms with Crippen LogP contribution in [0.3, 0.4) is 0 Å². The number of ether oxygens (including phenoxy) is 3. The number of nitrogens with one attached hydrogen (secondary N) is 2. The number of aromatic nitrogens is 4. The van der Waals surface area contributed by atoms with Gasteiger partial charge < -0.3 is 24.8 Å². The van der Waals surface area contributed by atoms with Gasteiger partial charge >= 0.3 is 6.09 Å². The SMILES string of the molecule is Cn1c(=O)cnc2ccc(OCCNC[C@@H]3CN(c4ccc5c(n4)NC(=O)CO5)C(=O)O3)nc21. The molecule has 2 aliphatic heterocycles. The second kappa shape index (κ2) is 8.94. The minimum Gasteiger partial charge on any atom is -0.480 e.